The minimum Gasteiger partial charge on any atom is -0.462 e. The molecule has 20 heavy (non-hydrogen) atoms. The van der Waals surface area contributed by atoms with Crippen molar-refractivity contribution >= 4 is 35.3 Å². The van der Waals surface area contributed by atoms with Crippen molar-refractivity contribution < 1.29 is 14.3 Å². The monoisotopic (exact) mass is 295 g/mol. The standard InChI is InChI=1S/C10H8ClNO.C5H10O2/c1-12-5-7(6-13)9-3-2-8(11)4-10(9)12;1-5(2,3)7-4-6/h2-6H,1H3;4H,1-3H3. The number of benzene rings is 1. The number of hydrogen-bond donors (Lipinski definition) is 0. The van der Waals surface area contributed by atoms with Crippen molar-refractivity contribution in [1.82, 2.24) is 4.57 Å². The van der Waals surface area contributed by atoms with E-state index in [2.05, 4.69) is 4.74 Å². The minimum absolute atomic E-state index is 0.318. The summed E-state index contributed by atoms with van der Waals surface area (Å²) < 4.78 is 6.44. The summed E-state index contributed by atoms with van der Waals surface area (Å²) in [7, 11) is 1.89. The van der Waals surface area contributed by atoms with Gasteiger partial charge in [0, 0.05) is 34.7 Å². The van der Waals surface area contributed by atoms with Crippen molar-refractivity contribution in [2.24, 2.45) is 7.05 Å². The molecule has 2 aromatic rings. The molecule has 4 nitrogen and oxygen atoms in total. The van der Waals surface area contributed by atoms with Gasteiger partial charge in [0.05, 0.1) is 0 Å². The lowest BCUT2D eigenvalue weighted by Gasteiger charge is -2.14. The zero-order valence-electron chi connectivity index (χ0n) is 12.0. The predicted octanol–water partition coefficient (Wildman–Crippen LogP) is 3.60. The first-order valence-corrected chi connectivity index (χ1v) is 6.47. The molecule has 0 spiro atoms. The second-order valence-corrected chi connectivity index (χ2v) is 5.74. The van der Waals surface area contributed by atoms with E-state index in [1.165, 1.54) is 0 Å². The van der Waals surface area contributed by atoms with Crippen LogP contribution in [0.25, 0.3) is 10.9 Å². The van der Waals surface area contributed by atoms with Crippen LogP contribution in [0.5, 0.6) is 0 Å². The van der Waals surface area contributed by atoms with E-state index < -0.39 is 0 Å². The van der Waals surface area contributed by atoms with Gasteiger partial charge in [-0.3, -0.25) is 9.59 Å². The van der Waals surface area contributed by atoms with Crippen LogP contribution < -0.4 is 0 Å². The largest absolute Gasteiger partial charge is 0.462 e. The summed E-state index contributed by atoms with van der Waals surface area (Å²) in [6.45, 7) is 5.92. The van der Waals surface area contributed by atoms with E-state index in [-0.39, 0.29) is 5.60 Å². The Morgan fingerprint density at radius 3 is 2.35 bits per heavy atom. The zero-order valence-corrected chi connectivity index (χ0v) is 12.8. The van der Waals surface area contributed by atoms with E-state index in [1.54, 1.807) is 12.3 Å². The van der Waals surface area contributed by atoms with Gasteiger partial charge in [-0.2, -0.15) is 0 Å². The quantitative estimate of drug-likeness (QED) is 0.795. The molecule has 5 heteroatoms. The van der Waals surface area contributed by atoms with E-state index >= 15 is 0 Å². The van der Waals surface area contributed by atoms with E-state index in [4.69, 9.17) is 11.6 Å². The van der Waals surface area contributed by atoms with Crippen molar-refractivity contribution in [3.63, 3.8) is 0 Å². The van der Waals surface area contributed by atoms with Gasteiger partial charge in [0.2, 0.25) is 0 Å². The Morgan fingerprint density at radius 1 is 1.25 bits per heavy atom. The van der Waals surface area contributed by atoms with Gasteiger partial charge in [0.15, 0.2) is 6.29 Å². The van der Waals surface area contributed by atoms with Gasteiger partial charge in [-0.05, 0) is 32.9 Å². The summed E-state index contributed by atoms with van der Waals surface area (Å²) in [5, 5.41) is 1.63. The van der Waals surface area contributed by atoms with Gasteiger partial charge in [0.1, 0.15) is 5.60 Å². The lowest BCUT2D eigenvalue weighted by molar-refractivity contribution is -0.138. The molecule has 0 saturated heterocycles. The highest BCUT2D eigenvalue weighted by Crippen LogP contribution is 2.22. The smallest absolute Gasteiger partial charge is 0.293 e. The van der Waals surface area contributed by atoms with Crippen LogP contribution in [0.1, 0.15) is 31.1 Å². The molecule has 0 unspecified atom stereocenters. The molecule has 0 atom stereocenters. The molecule has 0 aliphatic heterocycles. The number of halogens is 1. The van der Waals surface area contributed by atoms with E-state index in [0.717, 1.165) is 17.2 Å². The number of hydrogen-bond acceptors (Lipinski definition) is 3. The molecule has 0 aliphatic rings. The highest BCUT2D eigenvalue weighted by atomic mass is 35.5. The van der Waals surface area contributed by atoms with Crippen molar-refractivity contribution in [1.29, 1.82) is 0 Å². The van der Waals surface area contributed by atoms with Gasteiger partial charge in [-0.25, -0.2) is 0 Å². The second kappa shape index (κ2) is 6.57. The highest BCUT2D eigenvalue weighted by Gasteiger charge is 2.07. The average Bonchev–Trinajstić information content (AvgIpc) is 2.65. The summed E-state index contributed by atoms with van der Waals surface area (Å²) in [4.78, 5) is 20.3. The first-order valence-electron chi connectivity index (χ1n) is 6.09. The number of nitrogens with zero attached hydrogens (tertiary/aromatic N) is 1. The fraction of sp³-hybridized carbons (Fsp3) is 0.333. The summed E-state index contributed by atoms with van der Waals surface area (Å²) in [5.74, 6) is 0. The van der Waals surface area contributed by atoms with Crippen LogP contribution in [-0.2, 0) is 16.6 Å². The zero-order chi connectivity index (χ0) is 15.3. The van der Waals surface area contributed by atoms with Crippen LogP contribution in [0.3, 0.4) is 0 Å². The van der Waals surface area contributed by atoms with Crippen LogP contribution in [0, 0.1) is 0 Å². The summed E-state index contributed by atoms with van der Waals surface area (Å²) in [5.41, 5.74) is 1.37. The number of ether oxygens (including phenoxy) is 1. The molecule has 2 rings (SSSR count). The Labute approximate surface area is 123 Å². The van der Waals surface area contributed by atoms with Crippen LogP contribution in [0.2, 0.25) is 5.02 Å². The first-order chi connectivity index (χ1) is 9.28. The molecule has 0 fully saturated rings. The fourth-order valence-corrected chi connectivity index (χ4v) is 1.79. The number of aromatic nitrogens is 1. The van der Waals surface area contributed by atoms with Crippen molar-refractivity contribution in [2.75, 3.05) is 0 Å². The molecule has 0 saturated carbocycles. The molecule has 1 aromatic carbocycles. The maximum absolute atomic E-state index is 10.7. The Kier molecular flexibility index (Phi) is 5.34. The average molecular weight is 296 g/mol. The number of rotatable bonds is 2. The molecule has 1 heterocycles. The third kappa shape index (κ3) is 4.38. The number of aryl methyl sites for hydroxylation is 1. The topological polar surface area (TPSA) is 48.3 Å². The lowest BCUT2D eigenvalue weighted by Crippen LogP contribution is -2.17. The molecule has 0 aliphatic carbocycles. The molecule has 0 amide bonds. The molecule has 0 N–H and O–H groups in total. The summed E-state index contributed by atoms with van der Waals surface area (Å²) in [6, 6.07) is 5.50. The maximum Gasteiger partial charge on any atom is 0.293 e. The normalized spacial score (nSPS) is 10.7. The summed E-state index contributed by atoms with van der Waals surface area (Å²) in [6.07, 6.45) is 2.66. The van der Waals surface area contributed by atoms with Crippen LogP contribution in [0.4, 0.5) is 0 Å². The Morgan fingerprint density at radius 2 is 1.90 bits per heavy atom. The predicted molar refractivity (Wildman–Crippen MR) is 80.2 cm³/mol. The Balaban J connectivity index is 0.000000246. The summed E-state index contributed by atoms with van der Waals surface area (Å²) >= 11 is 5.84. The van der Waals surface area contributed by atoms with Gasteiger partial charge in [0.25, 0.3) is 6.47 Å². The van der Waals surface area contributed by atoms with Crippen molar-refractivity contribution in [3.8, 4) is 0 Å². The molecule has 0 radical (unpaired) electrons. The van der Waals surface area contributed by atoms with Crippen LogP contribution >= 0.6 is 11.6 Å². The maximum atomic E-state index is 10.7. The number of aldehydes is 1. The lowest BCUT2D eigenvalue weighted by atomic mass is 10.2. The Bertz CT molecular complexity index is 611. The van der Waals surface area contributed by atoms with Crippen molar-refractivity contribution in [2.45, 2.75) is 26.4 Å². The third-order valence-electron chi connectivity index (χ3n) is 2.51. The number of carbonyl (C=O) groups excluding carboxylic acids is 2. The van der Waals surface area contributed by atoms with Crippen LogP contribution in [-0.4, -0.2) is 22.9 Å². The van der Waals surface area contributed by atoms with Gasteiger partial charge >= 0.3 is 0 Å². The molecular weight excluding hydrogens is 278 g/mol. The third-order valence-corrected chi connectivity index (χ3v) is 2.75. The van der Waals surface area contributed by atoms with E-state index in [0.29, 0.717) is 17.1 Å². The number of carbonyl (C=O) groups is 2. The number of fused-ring (bicyclic) bond motifs is 1. The van der Waals surface area contributed by atoms with E-state index in [9.17, 15) is 9.59 Å². The minimum atomic E-state index is -0.318. The van der Waals surface area contributed by atoms with Gasteiger partial charge in [-0.1, -0.05) is 17.7 Å². The van der Waals surface area contributed by atoms with Crippen LogP contribution in [0.15, 0.2) is 24.4 Å². The van der Waals surface area contributed by atoms with Gasteiger partial charge in [-0.15, -0.1) is 0 Å². The SMILES string of the molecule is CC(C)(C)OC=O.Cn1cc(C=O)c2ccc(Cl)cc21. The van der Waals surface area contributed by atoms with E-state index in [1.807, 2.05) is 44.5 Å². The molecular formula is C15H18ClNO3. The highest BCUT2D eigenvalue weighted by molar-refractivity contribution is 6.31. The molecule has 1 aromatic heterocycles. The van der Waals surface area contributed by atoms with Gasteiger partial charge < -0.3 is 9.30 Å². The second-order valence-electron chi connectivity index (χ2n) is 5.30. The first kappa shape index (κ1) is 16.2. The molecule has 0 bridgehead atoms. The molecule has 108 valence electrons. The fourth-order valence-electron chi connectivity index (χ4n) is 1.63. The Hall–Kier alpha value is -1.81. The van der Waals surface area contributed by atoms with Crippen molar-refractivity contribution in [3.05, 3.63) is 35.0 Å².